The van der Waals surface area contributed by atoms with Gasteiger partial charge in [-0.05, 0) is 18.6 Å². The molecule has 1 aromatic heterocycles. The van der Waals surface area contributed by atoms with Gasteiger partial charge in [0.1, 0.15) is 0 Å². The molecule has 1 unspecified atom stereocenters. The van der Waals surface area contributed by atoms with Crippen molar-refractivity contribution < 1.29 is 9.90 Å². The van der Waals surface area contributed by atoms with Crippen LogP contribution in [0.25, 0.3) is 0 Å². The first kappa shape index (κ1) is 13.1. The third-order valence-electron chi connectivity index (χ3n) is 1.62. The van der Waals surface area contributed by atoms with Crippen LogP contribution in [0, 0.1) is 12.3 Å². The maximum Gasteiger partial charge on any atom is 0.290 e. The van der Waals surface area contributed by atoms with Crippen molar-refractivity contribution in [2.75, 3.05) is 0 Å². The van der Waals surface area contributed by atoms with E-state index in [1.54, 1.807) is 12.4 Å². The first-order valence-electron chi connectivity index (χ1n) is 4.29. The van der Waals surface area contributed by atoms with Crippen molar-refractivity contribution in [3.8, 4) is 12.3 Å². The highest BCUT2D eigenvalue weighted by molar-refractivity contribution is 5.32. The van der Waals surface area contributed by atoms with Crippen LogP contribution < -0.4 is 5.73 Å². The van der Waals surface area contributed by atoms with E-state index in [2.05, 4.69) is 10.9 Å². The molecule has 1 atom stereocenters. The van der Waals surface area contributed by atoms with Crippen LogP contribution in [0.5, 0.6) is 0 Å². The molecule has 15 heavy (non-hydrogen) atoms. The summed E-state index contributed by atoms with van der Waals surface area (Å²) in [4.78, 5) is 12.3. The highest BCUT2D eigenvalue weighted by atomic mass is 16.3. The number of pyridine rings is 1. The van der Waals surface area contributed by atoms with Crippen LogP contribution in [0.15, 0.2) is 24.5 Å². The molecule has 1 aromatic rings. The zero-order valence-corrected chi connectivity index (χ0v) is 8.55. The molecule has 0 aliphatic rings. The third-order valence-corrected chi connectivity index (χ3v) is 1.62. The Balaban J connectivity index is 0.000000583. The summed E-state index contributed by atoms with van der Waals surface area (Å²) < 4.78 is 0. The molecule has 1 rings (SSSR count). The van der Waals surface area contributed by atoms with Crippen molar-refractivity contribution >= 4 is 6.47 Å². The maximum atomic E-state index is 8.36. The molecule has 0 bridgehead atoms. The summed E-state index contributed by atoms with van der Waals surface area (Å²) in [7, 11) is 0. The van der Waals surface area contributed by atoms with E-state index in [9.17, 15) is 0 Å². The number of carboxylic acid groups (broad SMARTS) is 1. The number of rotatable bonds is 2. The van der Waals surface area contributed by atoms with Crippen LogP contribution in [0.1, 0.15) is 12.5 Å². The van der Waals surface area contributed by atoms with Crippen LogP contribution in [-0.4, -0.2) is 22.1 Å². The molecule has 4 heteroatoms. The van der Waals surface area contributed by atoms with Gasteiger partial charge < -0.3 is 10.8 Å². The van der Waals surface area contributed by atoms with Gasteiger partial charge >= 0.3 is 0 Å². The van der Waals surface area contributed by atoms with Crippen molar-refractivity contribution in [3.63, 3.8) is 0 Å². The molecule has 0 aromatic carbocycles. The van der Waals surface area contributed by atoms with Gasteiger partial charge in [-0.2, -0.15) is 0 Å². The van der Waals surface area contributed by atoms with Crippen LogP contribution in [0.3, 0.4) is 0 Å². The minimum atomic E-state index is -0.566. The molecule has 0 saturated carbocycles. The van der Waals surface area contributed by atoms with Crippen molar-refractivity contribution in [2.24, 2.45) is 5.73 Å². The van der Waals surface area contributed by atoms with Crippen LogP contribution in [0.4, 0.5) is 0 Å². The van der Waals surface area contributed by atoms with Crippen molar-refractivity contribution in [2.45, 2.75) is 18.9 Å². The van der Waals surface area contributed by atoms with E-state index in [0.29, 0.717) is 6.42 Å². The Labute approximate surface area is 89.1 Å². The Hall–Kier alpha value is -1.86. The first-order valence-corrected chi connectivity index (χ1v) is 4.29. The summed E-state index contributed by atoms with van der Waals surface area (Å²) in [5, 5.41) is 6.89. The van der Waals surface area contributed by atoms with Crippen molar-refractivity contribution in [1.29, 1.82) is 0 Å². The minimum Gasteiger partial charge on any atom is -0.483 e. The monoisotopic (exact) mass is 206 g/mol. The number of nitrogens with two attached hydrogens (primary N) is 1. The predicted molar refractivity (Wildman–Crippen MR) is 58.1 cm³/mol. The molecule has 0 fully saturated rings. The Kier molecular flexibility index (Phi) is 5.76. The second-order valence-corrected chi connectivity index (χ2v) is 3.21. The molecule has 0 aliphatic heterocycles. The lowest BCUT2D eigenvalue weighted by atomic mass is 9.96. The van der Waals surface area contributed by atoms with E-state index in [0.717, 1.165) is 5.56 Å². The molecule has 0 radical (unpaired) electrons. The largest absolute Gasteiger partial charge is 0.483 e. The Bertz CT molecular complexity index is 328. The lowest BCUT2D eigenvalue weighted by Gasteiger charge is -2.16. The van der Waals surface area contributed by atoms with Gasteiger partial charge in [0.05, 0.1) is 5.54 Å². The number of nitrogens with zero attached hydrogens (tertiary/aromatic N) is 1. The normalized spacial score (nSPS) is 12.6. The van der Waals surface area contributed by atoms with E-state index in [1.807, 2.05) is 19.1 Å². The maximum absolute atomic E-state index is 8.36. The van der Waals surface area contributed by atoms with Crippen LogP contribution in [-0.2, 0) is 11.2 Å². The van der Waals surface area contributed by atoms with Crippen molar-refractivity contribution in [1.82, 2.24) is 4.98 Å². The zero-order valence-electron chi connectivity index (χ0n) is 8.55. The average Bonchev–Trinajstić information content (AvgIpc) is 2.20. The molecular formula is C11H14N2O2. The van der Waals surface area contributed by atoms with E-state index >= 15 is 0 Å². The molecule has 80 valence electrons. The fourth-order valence-electron chi connectivity index (χ4n) is 0.978. The van der Waals surface area contributed by atoms with Gasteiger partial charge in [0.2, 0.25) is 0 Å². The fraction of sp³-hybridized carbons (Fsp3) is 0.273. The summed E-state index contributed by atoms with van der Waals surface area (Å²) >= 11 is 0. The molecule has 3 N–H and O–H groups in total. The highest BCUT2D eigenvalue weighted by Gasteiger charge is 2.14. The van der Waals surface area contributed by atoms with Gasteiger partial charge in [-0.3, -0.25) is 9.78 Å². The Morgan fingerprint density at radius 3 is 2.80 bits per heavy atom. The summed E-state index contributed by atoms with van der Waals surface area (Å²) in [6, 6.07) is 3.84. The van der Waals surface area contributed by atoms with Gasteiger partial charge in [0.15, 0.2) is 0 Å². The van der Waals surface area contributed by atoms with Crippen LogP contribution >= 0.6 is 0 Å². The third kappa shape index (κ3) is 6.24. The molecule has 0 spiro atoms. The van der Waals surface area contributed by atoms with Gasteiger partial charge in [-0.1, -0.05) is 12.0 Å². The number of hydrogen-bond donors (Lipinski definition) is 2. The second kappa shape index (κ2) is 6.57. The van der Waals surface area contributed by atoms with Gasteiger partial charge in [-0.25, -0.2) is 0 Å². The standard InChI is InChI=1S/C10H12N2.CH2O2/c1-3-10(2,11)7-9-5-4-6-12-8-9;2-1-3/h1,4-6,8H,7,11H2,2H3;1H,(H,2,3). The van der Waals surface area contributed by atoms with Gasteiger partial charge in [0.25, 0.3) is 6.47 Å². The minimum absolute atomic E-state index is 0.250. The average molecular weight is 206 g/mol. The number of carbonyl (C=O) groups is 1. The second-order valence-electron chi connectivity index (χ2n) is 3.21. The van der Waals surface area contributed by atoms with E-state index in [4.69, 9.17) is 22.1 Å². The number of aromatic nitrogens is 1. The molecule has 4 nitrogen and oxygen atoms in total. The van der Waals surface area contributed by atoms with E-state index in [-0.39, 0.29) is 6.47 Å². The van der Waals surface area contributed by atoms with Crippen LogP contribution in [0.2, 0.25) is 0 Å². The van der Waals surface area contributed by atoms with E-state index in [1.165, 1.54) is 0 Å². The Morgan fingerprint density at radius 2 is 2.40 bits per heavy atom. The SMILES string of the molecule is C#CC(C)(N)Cc1cccnc1.O=CO. The molecular weight excluding hydrogens is 192 g/mol. The summed E-state index contributed by atoms with van der Waals surface area (Å²) in [5.41, 5.74) is 6.29. The zero-order chi connectivity index (χ0) is 11.7. The number of terminal acetylenes is 1. The predicted octanol–water partition coefficient (Wildman–Crippen LogP) is 0.675. The Morgan fingerprint density at radius 1 is 1.80 bits per heavy atom. The number of hydrogen-bond acceptors (Lipinski definition) is 3. The van der Waals surface area contributed by atoms with Gasteiger partial charge in [-0.15, -0.1) is 6.42 Å². The molecule has 0 amide bonds. The highest BCUT2D eigenvalue weighted by Crippen LogP contribution is 2.07. The summed E-state index contributed by atoms with van der Waals surface area (Å²) in [6.45, 7) is 1.58. The summed E-state index contributed by atoms with van der Waals surface area (Å²) in [6.07, 6.45) is 9.43. The smallest absolute Gasteiger partial charge is 0.290 e. The van der Waals surface area contributed by atoms with Crippen molar-refractivity contribution in [3.05, 3.63) is 30.1 Å². The first-order chi connectivity index (χ1) is 7.05. The summed E-state index contributed by atoms with van der Waals surface area (Å²) in [5.74, 6) is 2.54. The molecule has 0 saturated heterocycles. The lowest BCUT2D eigenvalue weighted by Crippen LogP contribution is -2.36. The van der Waals surface area contributed by atoms with E-state index < -0.39 is 5.54 Å². The topological polar surface area (TPSA) is 76.2 Å². The molecule has 1 heterocycles. The molecule has 0 aliphatic carbocycles. The van der Waals surface area contributed by atoms with Gasteiger partial charge in [0, 0.05) is 18.8 Å². The fourth-order valence-corrected chi connectivity index (χ4v) is 0.978. The lowest BCUT2D eigenvalue weighted by molar-refractivity contribution is -0.122. The quantitative estimate of drug-likeness (QED) is 0.551.